The zero-order valence-electron chi connectivity index (χ0n) is 7.57. The van der Waals surface area contributed by atoms with E-state index in [-0.39, 0.29) is 12.6 Å². The summed E-state index contributed by atoms with van der Waals surface area (Å²) in [5, 5.41) is 20.5. The Balaban J connectivity index is 2.80. The Hall–Kier alpha value is -0.890. The Kier molecular flexibility index (Phi) is 4.60. The molecule has 4 heteroatoms. The van der Waals surface area contributed by atoms with Crippen molar-refractivity contribution in [1.82, 2.24) is 5.32 Å². The van der Waals surface area contributed by atoms with E-state index >= 15 is 0 Å². The highest BCUT2D eigenvalue weighted by molar-refractivity contribution is 9.10. The SMILES string of the molecule is N#CC(NCCO)c1ccccc1Br. The van der Waals surface area contributed by atoms with Crippen molar-refractivity contribution < 1.29 is 5.11 Å². The van der Waals surface area contributed by atoms with Crippen LogP contribution in [0.3, 0.4) is 0 Å². The Morgan fingerprint density at radius 2 is 2.21 bits per heavy atom. The van der Waals surface area contributed by atoms with Crippen LogP contribution in [0.2, 0.25) is 0 Å². The standard InChI is InChI=1S/C10H11BrN2O/c11-9-4-2-1-3-8(9)10(7-12)13-5-6-14/h1-4,10,13-14H,5-6H2. The summed E-state index contributed by atoms with van der Waals surface area (Å²) in [4.78, 5) is 0. The highest BCUT2D eigenvalue weighted by Crippen LogP contribution is 2.22. The van der Waals surface area contributed by atoms with Gasteiger partial charge in [0.25, 0.3) is 0 Å². The molecule has 1 aromatic rings. The van der Waals surface area contributed by atoms with E-state index in [2.05, 4.69) is 27.3 Å². The van der Waals surface area contributed by atoms with E-state index in [1.807, 2.05) is 24.3 Å². The highest BCUT2D eigenvalue weighted by Gasteiger charge is 2.11. The smallest absolute Gasteiger partial charge is 0.122 e. The number of rotatable bonds is 4. The van der Waals surface area contributed by atoms with E-state index in [9.17, 15) is 0 Å². The third-order valence-corrected chi connectivity index (χ3v) is 2.53. The molecule has 0 amide bonds. The largest absolute Gasteiger partial charge is 0.395 e. The van der Waals surface area contributed by atoms with Crippen LogP contribution in [0.25, 0.3) is 0 Å². The monoisotopic (exact) mass is 254 g/mol. The van der Waals surface area contributed by atoms with Crippen molar-refractivity contribution in [2.45, 2.75) is 6.04 Å². The molecule has 0 aliphatic carbocycles. The fourth-order valence-electron chi connectivity index (χ4n) is 1.14. The van der Waals surface area contributed by atoms with E-state index in [4.69, 9.17) is 10.4 Å². The van der Waals surface area contributed by atoms with Crippen LogP contribution in [-0.4, -0.2) is 18.3 Å². The molecule has 1 aromatic carbocycles. The first-order valence-corrected chi connectivity index (χ1v) is 5.07. The molecule has 2 N–H and O–H groups in total. The molecule has 0 spiro atoms. The molecule has 3 nitrogen and oxygen atoms in total. The third kappa shape index (κ3) is 2.81. The molecular formula is C10H11BrN2O. The molecule has 0 aliphatic heterocycles. The molecular weight excluding hydrogens is 244 g/mol. The zero-order chi connectivity index (χ0) is 10.4. The van der Waals surface area contributed by atoms with Crippen molar-refractivity contribution in [3.63, 3.8) is 0 Å². The molecule has 0 aromatic heterocycles. The zero-order valence-corrected chi connectivity index (χ0v) is 9.16. The molecule has 0 aliphatic rings. The van der Waals surface area contributed by atoms with Gasteiger partial charge in [-0.3, -0.25) is 5.32 Å². The number of hydrogen-bond acceptors (Lipinski definition) is 3. The Labute approximate surface area is 91.5 Å². The predicted octanol–water partition coefficient (Wildman–Crippen LogP) is 1.60. The lowest BCUT2D eigenvalue weighted by molar-refractivity contribution is 0.289. The first-order valence-electron chi connectivity index (χ1n) is 4.28. The molecule has 1 atom stereocenters. The van der Waals surface area contributed by atoms with E-state index in [1.165, 1.54) is 0 Å². The summed E-state index contributed by atoms with van der Waals surface area (Å²) in [7, 11) is 0. The fourth-order valence-corrected chi connectivity index (χ4v) is 1.66. The van der Waals surface area contributed by atoms with Gasteiger partial charge in [0.05, 0.1) is 12.7 Å². The van der Waals surface area contributed by atoms with Crippen molar-refractivity contribution in [2.75, 3.05) is 13.2 Å². The van der Waals surface area contributed by atoms with Crippen LogP contribution in [-0.2, 0) is 0 Å². The fraction of sp³-hybridized carbons (Fsp3) is 0.300. The maximum absolute atomic E-state index is 8.92. The third-order valence-electron chi connectivity index (χ3n) is 1.81. The number of aliphatic hydroxyl groups excluding tert-OH is 1. The van der Waals surface area contributed by atoms with Gasteiger partial charge in [0, 0.05) is 11.0 Å². The molecule has 0 fully saturated rings. The van der Waals surface area contributed by atoms with Crippen LogP contribution >= 0.6 is 15.9 Å². The summed E-state index contributed by atoms with van der Waals surface area (Å²) in [5.74, 6) is 0. The minimum absolute atomic E-state index is 0.0304. The first-order chi connectivity index (χ1) is 6.79. The lowest BCUT2D eigenvalue weighted by atomic mass is 10.1. The van der Waals surface area contributed by atoms with E-state index < -0.39 is 0 Å². The molecule has 1 unspecified atom stereocenters. The number of aliphatic hydroxyl groups is 1. The molecule has 0 saturated carbocycles. The average Bonchev–Trinajstić information content (AvgIpc) is 2.21. The first kappa shape index (κ1) is 11.2. The topological polar surface area (TPSA) is 56.0 Å². The minimum atomic E-state index is -0.377. The summed E-state index contributed by atoms with van der Waals surface area (Å²) >= 11 is 3.38. The Morgan fingerprint density at radius 1 is 1.50 bits per heavy atom. The van der Waals surface area contributed by atoms with Gasteiger partial charge in [-0.15, -0.1) is 0 Å². The Morgan fingerprint density at radius 3 is 2.79 bits per heavy atom. The minimum Gasteiger partial charge on any atom is -0.395 e. The molecule has 0 radical (unpaired) electrons. The van der Waals surface area contributed by atoms with Crippen molar-refractivity contribution in [2.24, 2.45) is 0 Å². The molecule has 1 rings (SSSR count). The summed E-state index contributed by atoms with van der Waals surface area (Å²) in [6.45, 7) is 0.447. The maximum Gasteiger partial charge on any atom is 0.122 e. The van der Waals surface area contributed by atoms with Crippen LogP contribution in [0.5, 0.6) is 0 Å². The summed E-state index contributed by atoms with van der Waals surface area (Å²) in [6, 6.07) is 9.31. The number of nitrogens with one attached hydrogen (secondary N) is 1. The van der Waals surface area contributed by atoms with Crippen molar-refractivity contribution >= 4 is 15.9 Å². The predicted molar refractivity (Wildman–Crippen MR) is 57.6 cm³/mol. The van der Waals surface area contributed by atoms with Crippen LogP contribution in [0, 0.1) is 11.3 Å². The lowest BCUT2D eigenvalue weighted by Crippen LogP contribution is -2.23. The van der Waals surface area contributed by atoms with Gasteiger partial charge in [-0.2, -0.15) is 5.26 Å². The molecule has 0 heterocycles. The van der Waals surface area contributed by atoms with Gasteiger partial charge in [0.15, 0.2) is 0 Å². The van der Waals surface area contributed by atoms with Gasteiger partial charge < -0.3 is 5.11 Å². The lowest BCUT2D eigenvalue weighted by Gasteiger charge is -2.12. The van der Waals surface area contributed by atoms with Gasteiger partial charge in [-0.25, -0.2) is 0 Å². The number of halogens is 1. The van der Waals surface area contributed by atoms with Gasteiger partial charge in [0.2, 0.25) is 0 Å². The number of benzene rings is 1. The number of nitriles is 1. The van der Waals surface area contributed by atoms with Crippen LogP contribution in [0.15, 0.2) is 28.7 Å². The number of hydrogen-bond donors (Lipinski definition) is 2. The molecule has 14 heavy (non-hydrogen) atoms. The van der Waals surface area contributed by atoms with Crippen LogP contribution in [0.1, 0.15) is 11.6 Å². The van der Waals surface area contributed by atoms with E-state index in [0.29, 0.717) is 6.54 Å². The molecule has 74 valence electrons. The average molecular weight is 255 g/mol. The Bertz CT molecular complexity index is 335. The number of nitrogens with zero attached hydrogens (tertiary/aromatic N) is 1. The summed E-state index contributed by atoms with van der Waals surface area (Å²) in [6.07, 6.45) is 0. The second-order valence-corrected chi connectivity index (χ2v) is 3.62. The van der Waals surface area contributed by atoms with Crippen LogP contribution in [0.4, 0.5) is 0 Å². The normalized spacial score (nSPS) is 12.1. The quantitative estimate of drug-likeness (QED) is 0.859. The molecule has 0 bridgehead atoms. The second kappa shape index (κ2) is 5.76. The molecule has 0 saturated heterocycles. The van der Waals surface area contributed by atoms with Gasteiger partial charge in [-0.1, -0.05) is 34.1 Å². The highest BCUT2D eigenvalue weighted by atomic mass is 79.9. The van der Waals surface area contributed by atoms with E-state index in [0.717, 1.165) is 10.0 Å². The van der Waals surface area contributed by atoms with Gasteiger partial charge >= 0.3 is 0 Å². The van der Waals surface area contributed by atoms with Crippen molar-refractivity contribution in [1.29, 1.82) is 5.26 Å². The summed E-state index contributed by atoms with van der Waals surface area (Å²) in [5.41, 5.74) is 0.892. The van der Waals surface area contributed by atoms with Crippen molar-refractivity contribution in [3.8, 4) is 6.07 Å². The second-order valence-electron chi connectivity index (χ2n) is 2.76. The van der Waals surface area contributed by atoms with Gasteiger partial charge in [0.1, 0.15) is 6.04 Å². The van der Waals surface area contributed by atoms with Crippen LogP contribution < -0.4 is 5.32 Å². The summed E-state index contributed by atoms with van der Waals surface area (Å²) < 4.78 is 0.900. The van der Waals surface area contributed by atoms with Gasteiger partial charge in [-0.05, 0) is 11.6 Å². The maximum atomic E-state index is 8.92. The van der Waals surface area contributed by atoms with Crippen molar-refractivity contribution in [3.05, 3.63) is 34.3 Å². The van der Waals surface area contributed by atoms with E-state index in [1.54, 1.807) is 0 Å².